The Bertz CT molecular complexity index is 1140. The summed E-state index contributed by atoms with van der Waals surface area (Å²) in [6, 6.07) is 11.0. The summed E-state index contributed by atoms with van der Waals surface area (Å²) in [4.78, 5) is 23.7. The number of ether oxygens (including phenoxy) is 2. The molecule has 0 saturated carbocycles. The maximum atomic E-state index is 13.0. The molecule has 132 valence electrons. The van der Waals surface area contributed by atoms with Crippen LogP contribution in [0.3, 0.4) is 0 Å². The smallest absolute Gasteiger partial charge is 0.270 e. The predicted octanol–water partition coefficient (Wildman–Crippen LogP) is 3.76. The number of carbonyl (C=O) groups is 1. The van der Waals surface area contributed by atoms with E-state index in [1.165, 1.54) is 16.7 Å². The number of hydrogen-bond donors (Lipinski definition) is 0. The van der Waals surface area contributed by atoms with Gasteiger partial charge in [-0.2, -0.15) is 0 Å². The zero-order chi connectivity index (χ0) is 18.4. The number of thiocarbonyl (C=S) groups is 1. The number of amides is 1. The Balaban J connectivity index is 1.53. The van der Waals surface area contributed by atoms with E-state index >= 15 is 0 Å². The number of anilines is 1. The Morgan fingerprint density at radius 3 is 2.89 bits per heavy atom. The van der Waals surface area contributed by atoms with Gasteiger partial charge in [0.1, 0.15) is 0 Å². The first kappa shape index (κ1) is 16.2. The van der Waals surface area contributed by atoms with Crippen LogP contribution in [-0.2, 0) is 4.79 Å². The van der Waals surface area contributed by atoms with Gasteiger partial charge in [-0.1, -0.05) is 36.1 Å². The van der Waals surface area contributed by atoms with Crippen molar-refractivity contribution in [2.45, 2.75) is 0 Å². The molecule has 5 rings (SSSR count). The Kier molecular flexibility index (Phi) is 3.80. The average molecular weight is 393 g/mol. The van der Waals surface area contributed by atoms with Crippen molar-refractivity contribution in [3.8, 4) is 11.5 Å². The molecule has 27 heavy (non-hydrogen) atoms. The van der Waals surface area contributed by atoms with Crippen LogP contribution in [0.15, 0.2) is 53.7 Å². The van der Waals surface area contributed by atoms with E-state index in [1.54, 1.807) is 30.6 Å². The molecule has 1 saturated heterocycles. The maximum Gasteiger partial charge on any atom is 0.270 e. The second-order valence-electron chi connectivity index (χ2n) is 5.83. The molecule has 0 N–H and O–H groups in total. The van der Waals surface area contributed by atoms with Crippen LogP contribution in [0.1, 0.15) is 5.56 Å². The highest BCUT2D eigenvalue weighted by molar-refractivity contribution is 8.27. The Morgan fingerprint density at radius 1 is 1.11 bits per heavy atom. The highest BCUT2D eigenvalue weighted by Gasteiger charge is 2.34. The van der Waals surface area contributed by atoms with E-state index in [-0.39, 0.29) is 12.7 Å². The lowest BCUT2D eigenvalue weighted by Crippen LogP contribution is -2.27. The molecule has 2 aliphatic rings. The number of para-hydroxylation sites is 1. The highest BCUT2D eigenvalue weighted by Crippen LogP contribution is 2.41. The molecule has 0 atom stereocenters. The maximum absolute atomic E-state index is 13.0. The summed E-state index contributed by atoms with van der Waals surface area (Å²) in [5.41, 5.74) is 3.00. The standard InChI is InChI=1S/C19H11N3O3S2/c23-18-16(8-11-2-1-3-13-17(11)21-7-6-20-13)27-19(26)22(18)12-4-5-14-15(9-12)25-10-24-14/h1-9H,10H2/b16-8-. The minimum atomic E-state index is -0.176. The average Bonchev–Trinajstić information content (AvgIpc) is 3.26. The molecule has 0 spiro atoms. The number of benzene rings is 2. The molecule has 8 heteroatoms. The molecule has 3 aromatic rings. The van der Waals surface area contributed by atoms with E-state index in [9.17, 15) is 4.79 Å². The summed E-state index contributed by atoms with van der Waals surface area (Å²) in [7, 11) is 0. The monoisotopic (exact) mass is 393 g/mol. The zero-order valence-electron chi connectivity index (χ0n) is 13.8. The van der Waals surface area contributed by atoms with Gasteiger partial charge in [-0.15, -0.1) is 0 Å². The Morgan fingerprint density at radius 2 is 1.96 bits per heavy atom. The van der Waals surface area contributed by atoms with Gasteiger partial charge in [0.25, 0.3) is 5.91 Å². The summed E-state index contributed by atoms with van der Waals surface area (Å²) in [6.45, 7) is 0.180. The molecule has 1 aromatic heterocycles. The predicted molar refractivity (Wildman–Crippen MR) is 108 cm³/mol. The lowest BCUT2D eigenvalue weighted by Gasteiger charge is -2.14. The Hall–Kier alpha value is -2.97. The molecule has 1 amide bonds. The fourth-order valence-corrected chi connectivity index (χ4v) is 4.28. The number of carbonyl (C=O) groups excluding carboxylic acids is 1. The summed E-state index contributed by atoms with van der Waals surface area (Å²) in [5, 5.41) is 0. The summed E-state index contributed by atoms with van der Waals surface area (Å²) in [6.07, 6.45) is 5.09. The van der Waals surface area contributed by atoms with Crippen LogP contribution in [0.25, 0.3) is 17.1 Å². The summed E-state index contributed by atoms with van der Waals surface area (Å²) in [5.74, 6) is 1.09. The van der Waals surface area contributed by atoms with E-state index in [0.29, 0.717) is 26.4 Å². The van der Waals surface area contributed by atoms with E-state index in [0.717, 1.165) is 16.6 Å². The molecule has 0 bridgehead atoms. The first-order valence-electron chi connectivity index (χ1n) is 8.08. The lowest BCUT2D eigenvalue weighted by atomic mass is 10.1. The molecule has 2 aliphatic heterocycles. The largest absolute Gasteiger partial charge is 0.454 e. The molecule has 0 radical (unpaired) electrons. The van der Waals surface area contributed by atoms with E-state index in [2.05, 4.69) is 9.97 Å². The van der Waals surface area contributed by atoms with Gasteiger partial charge in [0.15, 0.2) is 15.8 Å². The minimum Gasteiger partial charge on any atom is -0.454 e. The van der Waals surface area contributed by atoms with Crippen molar-refractivity contribution in [3.05, 3.63) is 59.3 Å². The number of rotatable bonds is 2. The van der Waals surface area contributed by atoms with Gasteiger partial charge < -0.3 is 9.47 Å². The van der Waals surface area contributed by atoms with Crippen molar-refractivity contribution in [1.82, 2.24) is 9.97 Å². The van der Waals surface area contributed by atoms with Crippen molar-refractivity contribution in [3.63, 3.8) is 0 Å². The van der Waals surface area contributed by atoms with E-state index in [4.69, 9.17) is 21.7 Å². The van der Waals surface area contributed by atoms with Crippen molar-refractivity contribution >= 4 is 57.0 Å². The minimum absolute atomic E-state index is 0.176. The van der Waals surface area contributed by atoms with Gasteiger partial charge >= 0.3 is 0 Å². The van der Waals surface area contributed by atoms with Crippen molar-refractivity contribution in [2.75, 3.05) is 11.7 Å². The van der Waals surface area contributed by atoms with Crippen LogP contribution < -0.4 is 14.4 Å². The van der Waals surface area contributed by atoms with Gasteiger partial charge in [-0.3, -0.25) is 19.7 Å². The number of thioether (sulfide) groups is 1. The van der Waals surface area contributed by atoms with Crippen LogP contribution in [0, 0.1) is 0 Å². The third-order valence-electron chi connectivity index (χ3n) is 4.22. The molecule has 3 heterocycles. The molecule has 6 nitrogen and oxygen atoms in total. The zero-order valence-corrected chi connectivity index (χ0v) is 15.4. The van der Waals surface area contributed by atoms with Crippen LogP contribution >= 0.6 is 24.0 Å². The van der Waals surface area contributed by atoms with Gasteiger partial charge in [-0.05, 0) is 24.3 Å². The number of nitrogens with zero attached hydrogens (tertiary/aromatic N) is 3. The van der Waals surface area contributed by atoms with Gasteiger partial charge in [0.05, 0.1) is 21.6 Å². The van der Waals surface area contributed by atoms with Crippen molar-refractivity contribution in [1.29, 1.82) is 0 Å². The van der Waals surface area contributed by atoms with Crippen LogP contribution in [0.2, 0.25) is 0 Å². The van der Waals surface area contributed by atoms with Crippen LogP contribution in [0.5, 0.6) is 11.5 Å². The summed E-state index contributed by atoms with van der Waals surface area (Å²) >= 11 is 6.71. The number of hydrogen-bond acceptors (Lipinski definition) is 7. The van der Waals surface area contributed by atoms with E-state index < -0.39 is 0 Å². The first-order chi connectivity index (χ1) is 13.2. The fraction of sp³-hybridized carbons (Fsp3) is 0.0526. The molecule has 1 fully saturated rings. The first-order valence-corrected chi connectivity index (χ1v) is 9.30. The quantitative estimate of drug-likeness (QED) is 0.485. The van der Waals surface area contributed by atoms with E-state index in [1.807, 2.05) is 24.3 Å². The topological polar surface area (TPSA) is 64.6 Å². The summed E-state index contributed by atoms with van der Waals surface area (Å²) < 4.78 is 11.2. The van der Waals surface area contributed by atoms with Crippen molar-refractivity contribution in [2.24, 2.45) is 0 Å². The fourth-order valence-electron chi connectivity index (χ4n) is 2.99. The third-order valence-corrected chi connectivity index (χ3v) is 5.53. The third kappa shape index (κ3) is 2.73. The van der Waals surface area contributed by atoms with Crippen LogP contribution in [0.4, 0.5) is 5.69 Å². The lowest BCUT2D eigenvalue weighted by molar-refractivity contribution is -0.113. The molecule has 0 aliphatic carbocycles. The van der Waals surface area contributed by atoms with Gasteiger partial charge in [0.2, 0.25) is 6.79 Å². The van der Waals surface area contributed by atoms with Gasteiger partial charge in [-0.25, -0.2) is 0 Å². The molecule has 2 aromatic carbocycles. The second kappa shape index (κ2) is 6.33. The van der Waals surface area contributed by atoms with Crippen molar-refractivity contribution < 1.29 is 14.3 Å². The Labute approximate surface area is 163 Å². The van der Waals surface area contributed by atoms with Gasteiger partial charge in [0, 0.05) is 24.0 Å². The SMILES string of the molecule is O=C1/C(=C/c2cccc3nccnc23)SC(=S)N1c1ccc2c(c1)OCO2. The number of fused-ring (bicyclic) bond motifs is 2. The number of aromatic nitrogens is 2. The molecular weight excluding hydrogens is 382 g/mol. The van der Waals surface area contributed by atoms with Crippen LogP contribution in [-0.4, -0.2) is 27.0 Å². The normalized spacial score (nSPS) is 17.3. The molecule has 0 unspecified atom stereocenters. The highest BCUT2D eigenvalue weighted by atomic mass is 32.2. The molecular formula is C19H11N3O3S2. The second-order valence-corrected chi connectivity index (χ2v) is 7.50.